The molecule has 2 heteroatoms. The number of nitrogens with zero attached hydrogens (tertiary/aromatic N) is 2. The Hall–Kier alpha value is -5.91. The molecule has 2 nitrogen and oxygen atoms in total. The molecule has 1 aliphatic rings. The minimum atomic E-state index is 0.169. The van der Waals surface area contributed by atoms with Gasteiger partial charge in [-0.15, -0.1) is 6.42 Å². The van der Waals surface area contributed by atoms with Crippen molar-refractivity contribution in [2.75, 3.05) is 0 Å². The summed E-state index contributed by atoms with van der Waals surface area (Å²) in [6.07, 6.45) is 18.3. The van der Waals surface area contributed by atoms with Gasteiger partial charge in [0.2, 0.25) is 0 Å². The van der Waals surface area contributed by atoms with Gasteiger partial charge in [-0.3, -0.25) is 0 Å². The number of benzene rings is 6. The molecule has 0 fully saturated rings. The predicted octanol–water partition coefficient (Wildman–Crippen LogP) is 12.5. The van der Waals surface area contributed by atoms with Crippen LogP contribution in [0.25, 0.3) is 71.8 Å². The number of terminal acetylenes is 1. The number of hydrogen-bond donors (Lipinski definition) is 0. The lowest BCUT2D eigenvalue weighted by molar-refractivity contribution is 0.458. The number of rotatable bonds is 7. The number of aromatic nitrogens is 2. The van der Waals surface area contributed by atoms with Crippen molar-refractivity contribution in [1.82, 2.24) is 9.55 Å². The fourth-order valence-electron chi connectivity index (χ4n) is 7.51. The monoisotopic (exact) mass is 630 g/mol. The van der Waals surface area contributed by atoms with Crippen LogP contribution in [-0.4, -0.2) is 9.55 Å². The van der Waals surface area contributed by atoms with Crippen LogP contribution in [0.15, 0.2) is 152 Å². The number of fused-ring (bicyclic) bond motifs is 3. The average Bonchev–Trinajstić information content (AvgIpc) is 3.56. The van der Waals surface area contributed by atoms with Gasteiger partial charge >= 0.3 is 0 Å². The van der Waals surface area contributed by atoms with Crippen molar-refractivity contribution in [3.8, 4) is 46.0 Å². The van der Waals surface area contributed by atoms with Crippen molar-refractivity contribution in [1.29, 1.82) is 0 Å². The maximum atomic E-state index is 5.54. The van der Waals surface area contributed by atoms with Crippen LogP contribution in [0.4, 0.5) is 0 Å². The molecule has 0 saturated heterocycles. The summed E-state index contributed by atoms with van der Waals surface area (Å²) < 4.78 is 2.36. The first-order valence-electron chi connectivity index (χ1n) is 17.2. The van der Waals surface area contributed by atoms with Crippen molar-refractivity contribution in [2.24, 2.45) is 5.92 Å². The maximum absolute atomic E-state index is 5.54. The number of para-hydroxylation sites is 2. The molecule has 0 radical (unpaired) electrons. The zero-order valence-corrected chi connectivity index (χ0v) is 28.0. The van der Waals surface area contributed by atoms with E-state index in [9.17, 15) is 0 Å². The molecule has 0 N–H and O–H groups in total. The van der Waals surface area contributed by atoms with Gasteiger partial charge in [-0.25, -0.2) is 4.98 Å². The van der Waals surface area contributed by atoms with Gasteiger partial charge in [0.15, 0.2) is 0 Å². The molecule has 236 valence electrons. The number of imidazole rings is 1. The molecular formula is C47H38N2. The van der Waals surface area contributed by atoms with Crippen LogP contribution in [0.2, 0.25) is 0 Å². The van der Waals surface area contributed by atoms with Crippen LogP contribution in [0.3, 0.4) is 0 Å². The van der Waals surface area contributed by atoms with Crippen molar-refractivity contribution in [2.45, 2.75) is 32.7 Å². The molecule has 1 heterocycles. The van der Waals surface area contributed by atoms with E-state index in [0.29, 0.717) is 0 Å². The zero-order chi connectivity index (χ0) is 33.3. The smallest absolute Gasteiger partial charge is 0.141 e. The van der Waals surface area contributed by atoms with Crippen LogP contribution >= 0.6 is 0 Å². The molecule has 0 aliphatic heterocycles. The summed E-state index contributed by atoms with van der Waals surface area (Å²) in [6, 6.07) is 44.3. The predicted molar refractivity (Wildman–Crippen MR) is 209 cm³/mol. The van der Waals surface area contributed by atoms with Gasteiger partial charge in [-0.05, 0) is 105 Å². The fraction of sp³-hybridized carbons (Fsp3) is 0.128. The lowest BCUT2D eigenvalue weighted by atomic mass is 9.83. The molecular weight excluding hydrogens is 593 g/mol. The van der Waals surface area contributed by atoms with E-state index in [0.717, 1.165) is 35.3 Å². The van der Waals surface area contributed by atoms with E-state index in [1.54, 1.807) is 6.08 Å². The normalized spacial score (nSPS) is 14.3. The number of allylic oxidation sites excluding steroid dienone is 6. The summed E-state index contributed by atoms with van der Waals surface area (Å²) in [4.78, 5) is 5.13. The summed E-state index contributed by atoms with van der Waals surface area (Å²) in [6.45, 7) is 4.45. The van der Waals surface area contributed by atoms with Gasteiger partial charge < -0.3 is 4.57 Å². The van der Waals surface area contributed by atoms with Crippen LogP contribution < -0.4 is 0 Å². The molecule has 1 aliphatic carbocycles. The van der Waals surface area contributed by atoms with Gasteiger partial charge in [0, 0.05) is 11.6 Å². The molecule has 7 aromatic rings. The maximum Gasteiger partial charge on any atom is 0.141 e. The highest BCUT2D eigenvalue weighted by Gasteiger charge is 2.21. The Morgan fingerprint density at radius 2 is 1.37 bits per heavy atom. The SMILES string of the molecule is C#C/C=C\C(C)C(C)n1c(-c2ccc(-c3ccc4c(C5=CC=CCC5)c5ccccc5c(-c5ccccc5)c4c3)cc2)nc2ccccc21. The highest BCUT2D eigenvalue weighted by atomic mass is 15.1. The second-order valence-corrected chi connectivity index (χ2v) is 13.1. The fourth-order valence-corrected chi connectivity index (χ4v) is 7.51. The first kappa shape index (κ1) is 30.4. The van der Waals surface area contributed by atoms with Crippen LogP contribution in [0, 0.1) is 18.3 Å². The Kier molecular flexibility index (Phi) is 8.04. The average molecular weight is 631 g/mol. The van der Waals surface area contributed by atoms with E-state index in [-0.39, 0.29) is 12.0 Å². The minimum absolute atomic E-state index is 0.169. The van der Waals surface area contributed by atoms with E-state index in [4.69, 9.17) is 11.4 Å². The van der Waals surface area contributed by atoms with E-state index < -0.39 is 0 Å². The van der Waals surface area contributed by atoms with Crippen molar-refractivity contribution in [3.63, 3.8) is 0 Å². The zero-order valence-electron chi connectivity index (χ0n) is 28.0. The summed E-state index contributed by atoms with van der Waals surface area (Å²) in [5.41, 5.74) is 10.9. The quantitative estimate of drug-likeness (QED) is 0.127. The van der Waals surface area contributed by atoms with Gasteiger partial charge in [0.1, 0.15) is 5.82 Å². The van der Waals surface area contributed by atoms with Gasteiger partial charge in [-0.2, -0.15) is 0 Å². The molecule has 2 atom stereocenters. The Labute approximate surface area is 288 Å². The van der Waals surface area contributed by atoms with Crippen molar-refractivity contribution in [3.05, 3.63) is 157 Å². The first-order valence-corrected chi connectivity index (χ1v) is 17.2. The van der Waals surface area contributed by atoms with E-state index in [1.807, 2.05) is 0 Å². The molecule has 2 unspecified atom stereocenters. The molecule has 0 saturated carbocycles. The molecule has 6 aromatic carbocycles. The molecule has 8 rings (SSSR count). The molecule has 0 spiro atoms. The van der Waals surface area contributed by atoms with E-state index in [1.165, 1.54) is 54.9 Å². The Bertz CT molecular complexity index is 2470. The van der Waals surface area contributed by atoms with Crippen LogP contribution in [0.1, 0.15) is 38.3 Å². The van der Waals surface area contributed by atoms with Crippen molar-refractivity contribution >= 4 is 38.2 Å². The van der Waals surface area contributed by atoms with Crippen LogP contribution in [0.5, 0.6) is 0 Å². The summed E-state index contributed by atoms with van der Waals surface area (Å²) in [5, 5.41) is 5.18. The second-order valence-electron chi connectivity index (χ2n) is 13.1. The third-order valence-electron chi connectivity index (χ3n) is 10.2. The first-order chi connectivity index (χ1) is 24.1. The highest BCUT2D eigenvalue weighted by molar-refractivity contribution is 6.19. The third kappa shape index (κ3) is 5.48. The Morgan fingerprint density at radius 1 is 0.694 bits per heavy atom. The van der Waals surface area contributed by atoms with Gasteiger partial charge in [-0.1, -0.05) is 140 Å². The summed E-state index contributed by atoms with van der Waals surface area (Å²) in [5.74, 6) is 3.85. The number of hydrogen-bond acceptors (Lipinski definition) is 1. The van der Waals surface area contributed by atoms with Crippen LogP contribution in [-0.2, 0) is 0 Å². The third-order valence-corrected chi connectivity index (χ3v) is 10.2. The molecule has 1 aromatic heterocycles. The molecule has 0 bridgehead atoms. The molecule has 49 heavy (non-hydrogen) atoms. The Morgan fingerprint density at radius 3 is 2.12 bits per heavy atom. The molecule has 0 amide bonds. The van der Waals surface area contributed by atoms with E-state index in [2.05, 4.69) is 170 Å². The summed E-state index contributed by atoms with van der Waals surface area (Å²) >= 11 is 0. The second kappa shape index (κ2) is 12.9. The van der Waals surface area contributed by atoms with Gasteiger partial charge in [0.05, 0.1) is 11.0 Å². The highest BCUT2D eigenvalue weighted by Crippen LogP contribution is 2.44. The largest absolute Gasteiger partial charge is 0.321 e. The topological polar surface area (TPSA) is 17.8 Å². The summed E-state index contributed by atoms with van der Waals surface area (Å²) in [7, 11) is 0. The Balaban J connectivity index is 1.28. The van der Waals surface area contributed by atoms with E-state index >= 15 is 0 Å². The lowest BCUT2D eigenvalue weighted by Gasteiger charge is -2.22. The standard InChI is InChI=1S/C47H38N2/c1-4-5-16-32(2)33(3)49-44-24-15-14-23-43(44)48-47(49)37-27-25-34(26-28-37)38-29-30-41-42(31-38)46(36-19-10-7-11-20-36)40-22-13-12-21-39(40)45(41)35-17-8-6-9-18-35/h1,5-8,10-17,19-33H,9,18H2,2-3H3/b16-5-. The van der Waals surface area contributed by atoms with Crippen molar-refractivity contribution < 1.29 is 0 Å². The minimum Gasteiger partial charge on any atom is -0.321 e. The lowest BCUT2D eigenvalue weighted by Crippen LogP contribution is -2.13. The van der Waals surface area contributed by atoms with Gasteiger partial charge in [0.25, 0.3) is 0 Å².